The van der Waals surface area contributed by atoms with Gasteiger partial charge in [0.25, 0.3) is 0 Å². The highest BCUT2D eigenvalue weighted by molar-refractivity contribution is 5.89. The molecule has 0 amide bonds. The van der Waals surface area contributed by atoms with Crippen molar-refractivity contribution < 1.29 is 4.79 Å². The van der Waals surface area contributed by atoms with Gasteiger partial charge >= 0.3 is 0 Å². The smallest absolute Gasteiger partial charge is 0.143 e. The van der Waals surface area contributed by atoms with E-state index in [-0.39, 0.29) is 5.41 Å². The van der Waals surface area contributed by atoms with Crippen LogP contribution in [0, 0.1) is 19.3 Å². The van der Waals surface area contributed by atoms with Crippen LogP contribution in [0.15, 0.2) is 18.2 Å². The molecule has 0 aromatic heterocycles. The van der Waals surface area contributed by atoms with Gasteiger partial charge in [-0.1, -0.05) is 30.7 Å². The Kier molecular flexibility index (Phi) is 2.41. The molecule has 0 N–H and O–H groups in total. The van der Waals surface area contributed by atoms with Crippen molar-refractivity contribution in [3.63, 3.8) is 0 Å². The Labute approximate surface area is 91.5 Å². The third kappa shape index (κ3) is 2.11. The van der Waals surface area contributed by atoms with E-state index in [1.165, 1.54) is 16.7 Å². The van der Waals surface area contributed by atoms with Gasteiger partial charge in [-0.25, -0.2) is 0 Å². The average Bonchev–Trinajstić information content (AvgIpc) is 2.91. The Morgan fingerprint density at radius 2 is 2.00 bits per heavy atom. The molecule has 0 atom stereocenters. The lowest BCUT2D eigenvalue weighted by Gasteiger charge is -2.10. The molecule has 0 heterocycles. The SMILES string of the molecule is Cc1ccc(C)c(CC(=O)C2(C)CC2)c1. The van der Waals surface area contributed by atoms with E-state index in [0.717, 1.165) is 12.8 Å². The second-order valence-electron chi connectivity index (χ2n) is 5.09. The number of hydrogen-bond donors (Lipinski definition) is 0. The fraction of sp³-hybridized carbons (Fsp3) is 0.500. The van der Waals surface area contributed by atoms with Gasteiger partial charge in [-0.05, 0) is 37.8 Å². The monoisotopic (exact) mass is 202 g/mol. The van der Waals surface area contributed by atoms with Crippen molar-refractivity contribution in [2.45, 2.75) is 40.0 Å². The van der Waals surface area contributed by atoms with Crippen LogP contribution in [-0.2, 0) is 11.2 Å². The molecule has 0 bridgehead atoms. The highest BCUT2D eigenvalue weighted by Crippen LogP contribution is 2.46. The lowest BCUT2D eigenvalue weighted by molar-refractivity contribution is -0.122. The maximum absolute atomic E-state index is 12.0. The first-order chi connectivity index (χ1) is 7.01. The maximum Gasteiger partial charge on any atom is 0.143 e. The van der Waals surface area contributed by atoms with Crippen molar-refractivity contribution in [2.75, 3.05) is 0 Å². The van der Waals surface area contributed by atoms with Gasteiger partial charge in [0, 0.05) is 11.8 Å². The summed E-state index contributed by atoms with van der Waals surface area (Å²) in [7, 11) is 0. The van der Waals surface area contributed by atoms with E-state index in [2.05, 4.69) is 39.0 Å². The lowest BCUT2D eigenvalue weighted by Crippen LogP contribution is -2.15. The standard InChI is InChI=1S/C14H18O/c1-10-4-5-11(2)12(8-10)9-13(15)14(3)6-7-14/h4-5,8H,6-7,9H2,1-3H3. The molecule has 1 fully saturated rings. The minimum absolute atomic E-state index is 0.0101. The Morgan fingerprint density at radius 1 is 1.33 bits per heavy atom. The molecule has 15 heavy (non-hydrogen) atoms. The van der Waals surface area contributed by atoms with Crippen LogP contribution in [0.4, 0.5) is 0 Å². The molecule has 0 saturated heterocycles. The Hall–Kier alpha value is -1.11. The lowest BCUT2D eigenvalue weighted by atomic mass is 9.94. The van der Waals surface area contributed by atoms with Crippen molar-refractivity contribution in [2.24, 2.45) is 5.41 Å². The molecule has 0 unspecified atom stereocenters. The second kappa shape index (κ2) is 3.48. The van der Waals surface area contributed by atoms with Crippen LogP contribution in [0.1, 0.15) is 36.5 Å². The van der Waals surface area contributed by atoms with E-state index in [9.17, 15) is 4.79 Å². The molecule has 2 rings (SSSR count). The van der Waals surface area contributed by atoms with Gasteiger partial charge < -0.3 is 0 Å². The first kappa shape index (κ1) is 10.4. The molecule has 80 valence electrons. The summed E-state index contributed by atoms with van der Waals surface area (Å²) in [5.74, 6) is 0.413. The summed E-state index contributed by atoms with van der Waals surface area (Å²) >= 11 is 0. The summed E-state index contributed by atoms with van der Waals surface area (Å²) in [5.41, 5.74) is 3.69. The third-order valence-electron chi connectivity index (χ3n) is 3.53. The Morgan fingerprint density at radius 3 is 2.60 bits per heavy atom. The number of hydrogen-bond acceptors (Lipinski definition) is 1. The molecule has 1 nitrogen and oxygen atoms in total. The van der Waals surface area contributed by atoms with E-state index in [0.29, 0.717) is 12.2 Å². The normalized spacial score (nSPS) is 17.5. The minimum Gasteiger partial charge on any atom is -0.299 e. The number of aryl methyl sites for hydroxylation is 2. The highest BCUT2D eigenvalue weighted by atomic mass is 16.1. The molecular formula is C14H18O. The molecule has 1 aromatic carbocycles. The summed E-state index contributed by atoms with van der Waals surface area (Å²) in [6, 6.07) is 6.34. The van der Waals surface area contributed by atoms with Gasteiger partial charge in [-0.15, -0.1) is 0 Å². The van der Waals surface area contributed by atoms with Gasteiger partial charge in [-0.2, -0.15) is 0 Å². The van der Waals surface area contributed by atoms with Gasteiger partial charge in [0.05, 0.1) is 0 Å². The fourth-order valence-corrected chi connectivity index (χ4v) is 1.84. The first-order valence-corrected chi connectivity index (χ1v) is 5.61. The average molecular weight is 202 g/mol. The predicted octanol–water partition coefficient (Wildman–Crippen LogP) is 3.22. The van der Waals surface area contributed by atoms with Crippen LogP contribution >= 0.6 is 0 Å². The van der Waals surface area contributed by atoms with E-state index in [1.54, 1.807) is 0 Å². The highest BCUT2D eigenvalue weighted by Gasteiger charge is 2.43. The zero-order chi connectivity index (χ0) is 11.1. The number of benzene rings is 1. The first-order valence-electron chi connectivity index (χ1n) is 5.61. The van der Waals surface area contributed by atoms with Gasteiger partial charge in [0.2, 0.25) is 0 Å². The van der Waals surface area contributed by atoms with Crippen molar-refractivity contribution >= 4 is 5.78 Å². The zero-order valence-corrected chi connectivity index (χ0v) is 9.76. The summed E-state index contributed by atoms with van der Waals surface area (Å²) in [5, 5.41) is 0. The largest absolute Gasteiger partial charge is 0.299 e. The number of ketones is 1. The Bertz CT molecular complexity index is 400. The Balaban J connectivity index is 2.16. The molecule has 0 aliphatic heterocycles. The molecule has 1 saturated carbocycles. The van der Waals surface area contributed by atoms with Gasteiger partial charge in [0.15, 0.2) is 0 Å². The zero-order valence-electron chi connectivity index (χ0n) is 9.76. The van der Waals surface area contributed by atoms with E-state index < -0.39 is 0 Å². The van der Waals surface area contributed by atoms with E-state index in [1.807, 2.05) is 0 Å². The molecular weight excluding hydrogens is 184 g/mol. The van der Waals surface area contributed by atoms with Crippen LogP contribution in [0.25, 0.3) is 0 Å². The molecule has 0 radical (unpaired) electrons. The number of Topliss-reactive ketones (excluding diaryl/α,β-unsaturated/α-hetero) is 1. The predicted molar refractivity (Wildman–Crippen MR) is 62.0 cm³/mol. The number of carbonyl (C=O) groups excluding carboxylic acids is 1. The van der Waals surface area contributed by atoms with Gasteiger partial charge in [0.1, 0.15) is 5.78 Å². The minimum atomic E-state index is 0.0101. The van der Waals surface area contributed by atoms with Crippen LogP contribution in [0.3, 0.4) is 0 Å². The van der Waals surface area contributed by atoms with Crippen LogP contribution < -0.4 is 0 Å². The van der Waals surface area contributed by atoms with Crippen LogP contribution in [0.5, 0.6) is 0 Å². The topological polar surface area (TPSA) is 17.1 Å². The summed E-state index contributed by atoms with van der Waals surface area (Å²) < 4.78 is 0. The summed E-state index contributed by atoms with van der Waals surface area (Å²) in [6.07, 6.45) is 2.78. The molecule has 1 aliphatic carbocycles. The number of rotatable bonds is 3. The van der Waals surface area contributed by atoms with Crippen molar-refractivity contribution in [1.82, 2.24) is 0 Å². The van der Waals surface area contributed by atoms with Crippen molar-refractivity contribution in [1.29, 1.82) is 0 Å². The van der Waals surface area contributed by atoms with E-state index in [4.69, 9.17) is 0 Å². The van der Waals surface area contributed by atoms with Crippen molar-refractivity contribution in [3.05, 3.63) is 34.9 Å². The van der Waals surface area contributed by atoms with Crippen LogP contribution in [-0.4, -0.2) is 5.78 Å². The molecule has 0 spiro atoms. The molecule has 1 aliphatic rings. The second-order valence-corrected chi connectivity index (χ2v) is 5.09. The maximum atomic E-state index is 12.0. The molecule has 1 aromatic rings. The molecule has 1 heteroatoms. The number of carbonyl (C=O) groups is 1. The quantitative estimate of drug-likeness (QED) is 0.735. The van der Waals surface area contributed by atoms with Crippen molar-refractivity contribution in [3.8, 4) is 0 Å². The van der Waals surface area contributed by atoms with Gasteiger partial charge in [-0.3, -0.25) is 4.79 Å². The van der Waals surface area contributed by atoms with Crippen LogP contribution in [0.2, 0.25) is 0 Å². The fourth-order valence-electron chi connectivity index (χ4n) is 1.84. The van der Waals surface area contributed by atoms with E-state index >= 15 is 0 Å². The summed E-state index contributed by atoms with van der Waals surface area (Å²) in [6.45, 7) is 6.24. The third-order valence-corrected chi connectivity index (χ3v) is 3.53. The summed E-state index contributed by atoms with van der Waals surface area (Å²) in [4.78, 5) is 12.0.